The van der Waals surface area contributed by atoms with Crippen molar-refractivity contribution in [3.8, 4) is 0 Å². The molecule has 0 amide bonds. The minimum atomic E-state index is 0. The highest BCUT2D eigenvalue weighted by Crippen LogP contribution is 2.36. The van der Waals surface area contributed by atoms with Gasteiger partial charge < -0.3 is 10.4 Å². The second-order valence-electron chi connectivity index (χ2n) is 4.29. The summed E-state index contributed by atoms with van der Waals surface area (Å²) in [5.41, 5.74) is 0.452. The number of nitrogens with one attached hydrogen (secondary N) is 1. The van der Waals surface area contributed by atoms with Crippen molar-refractivity contribution in [3.05, 3.63) is 0 Å². The van der Waals surface area contributed by atoms with E-state index in [1.807, 2.05) is 0 Å². The van der Waals surface area contributed by atoms with Crippen LogP contribution in [0.15, 0.2) is 0 Å². The number of halogens is 1. The number of likely N-dealkylation sites (tertiary alicyclic amines) is 1. The van der Waals surface area contributed by atoms with E-state index in [2.05, 4.69) is 10.2 Å². The van der Waals surface area contributed by atoms with Gasteiger partial charge in [0.15, 0.2) is 0 Å². The molecule has 0 aromatic heterocycles. The Bertz CT molecular complexity index is 172. The van der Waals surface area contributed by atoms with E-state index in [9.17, 15) is 0 Å². The van der Waals surface area contributed by atoms with Crippen molar-refractivity contribution in [2.45, 2.75) is 31.2 Å². The molecule has 2 aliphatic heterocycles. The smallest absolute Gasteiger partial charge is 0.0558 e. The summed E-state index contributed by atoms with van der Waals surface area (Å²) >= 11 is 0. The lowest BCUT2D eigenvalue weighted by Crippen LogP contribution is -2.51. The zero-order chi connectivity index (χ0) is 9.15. The quantitative estimate of drug-likeness (QED) is 0.716. The first-order chi connectivity index (χ1) is 6.37. The summed E-state index contributed by atoms with van der Waals surface area (Å²) < 4.78 is 0. The molecular formula is C10H21ClN2O. The molecule has 4 heteroatoms. The molecule has 2 N–H and O–H groups in total. The van der Waals surface area contributed by atoms with E-state index in [0.29, 0.717) is 12.1 Å². The molecule has 0 atom stereocenters. The maximum absolute atomic E-state index is 8.98. The highest BCUT2D eigenvalue weighted by molar-refractivity contribution is 5.85. The average Bonchev–Trinajstić information content (AvgIpc) is 2.52. The van der Waals surface area contributed by atoms with Crippen molar-refractivity contribution >= 4 is 12.4 Å². The van der Waals surface area contributed by atoms with E-state index in [-0.39, 0.29) is 12.4 Å². The molecule has 2 rings (SSSR count). The second-order valence-corrected chi connectivity index (χ2v) is 4.29. The van der Waals surface area contributed by atoms with E-state index in [1.54, 1.807) is 0 Å². The Labute approximate surface area is 92.3 Å². The zero-order valence-corrected chi connectivity index (χ0v) is 9.48. The van der Waals surface area contributed by atoms with Crippen LogP contribution in [0.3, 0.4) is 0 Å². The third-order valence-electron chi connectivity index (χ3n) is 3.65. The molecule has 0 aliphatic carbocycles. The predicted octanol–water partition coefficient (Wildman–Crippen LogP) is 0.619. The van der Waals surface area contributed by atoms with Gasteiger partial charge in [-0.25, -0.2) is 0 Å². The van der Waals surface area contributed by atoms with Crippen LogP contribution in [0, 0.1) is 0 Å². The van der Waals surface area contributed by atoms with E-state index in [0.717, 1.165) is 19.6 Å². The van der Waals surface area contributed by atoms with Crippen LogP contribution in [0.5, 0.6) is 0 Å². The van der Waals surface area contributed by atoms with Gasteiger partial charge in [0, 0.05) is 12.1 Å². The molecule has 84 valence electrons. The van der Waals surface area contributed by atoms with Crippen LogP contribution in [0.4, 0.5) is 0 Å². The summed E-state index contributed by atoms with van der Waals surface area (Å²) in [6, 6.07) is 0. The standard InChI is InChI=1S/C10H20N2O.ClH/c13-9-8-12-7-1-2-10(12)3-5-11-6-4-10;/h11,13H,1-9H2;1H. The largest absolute Gasteiger partial charge is 0.395 e. The van der Waals surface area contributed by atoms with Crippen LogP contribution in [-0.4, -0.2) is 48.3 Å². The lowest BCUT2D eigenvalue weighted by molar-refractivity contribution is 0.0799. The van der Waals surface area contributed by atoms with E-state index >= 15 is 0 Å². The topological polar surface area (TPSA) is 35.5 Å². The van der Waals surface area contributed by atoms with E-state index in [4.69, 9.17) is 5.11 Å². The third-order valence-corrected chi connectivity index (χ3v) is 3.65. The molecular weight excluding hydrogens is 200 g/mol. The van der Waals surface area contributed by atoms with Crippen molar-refractivity contribution < 1.29 is 5.11 Å². The molecule has 0 saturated carbocycles. The normalized spacial score (nSPS) is 26.4. The zero-order valence-electron chi connectivity index (χ0n) is 8.67. The summed E-state index contributed by atoms with van der Waals surface area (Å²) in [6.07, 6.45) is 5.20. The number of hydrogen-bond acceptors (Lipinski definition) is 3. The first-order valence-corrected chi connectivity index (χ1v) is 5.44. The number of piperidine rings is 1. The Morgan fingerprint density at radius 3 is 2.57 bits per heavy atom. The molecule has 2 fully saturated rings. The van der Waals surface area contributed by atoms with E-state index < -0.39 is 0 Å². The Kier molecular flexibility index (Phi) is 4.64. The molecule has 0 aromatic rings. The summed E-state index contributed by atoms with van der Waals surface area (Å²) in [4.78, 5) is 2.51. The van der Waals surface area contributed by atoms with Gasteiger partial charge in [0.25, 0.3) is 0 Å². The second kappa shape index (κ2) is 5.31. The number of β-amino-alcohol motifs (C(OH)–C–C–N with tert-alkyl or cyclic N) is 1. The van der Waals surface area contributed by atoms with Crippen molar-refractivity contribution in [1.82, 2.24) is 10.2 Å². The van der Waals surface area contributed by atoms with Gasteiger partial charge in [0.2, 0.25) is 0 Å². The molecule has 0 radical (unpaired) electrons. The first-order valence-electron chi connectivity index (χ1n) is 5.44. The van der Waals surface area contributed by atoms with Crippen LogP contribution in [0.25, 0.3) is 0 Å². The third kappa shape index (κ3) is 2.22. The number of aliphatic hydroxyl groups is 1. The fourth-order valence-electron chi connectivity index (χ4n) is 2.92. The molecule has 0 bridgehead atoms. The first kappa shape index (κ1) is 12.2. The molecule has 1 spiro atoms. The van der Waals surface area contributed by atoms with Crippen molar-refractivity contribution in [1.29, 1.82) is 0 Å². The number of nitrogens with zero attached hydrogens (tertiary/aromatic N) is 1. The fraction of sp³-hybridized carbons (Fsp3) is 1.00. The molecule has 14 heavy (non-hydrogen) atoms. The van der Waals surface area contributed by atoms with E-state index in [1.165, 1.54) is 32.2 Å². The van der Waals surface area contributed by atoms with Crippen molar-refractivity contribution in [2.75, 3.05) is 32.8 Å². The van der Waals surface area contributed by atoms with Gasteiger partial charge in [-0.2, -0.15) is 0 Å². The van der Waals surface area contributed by atoms with Gasteiger partial charge in [0.1, 0.15) is 0 Å². The van der Waals surface area contributed by atoms with Crippen LogP contribution in [-0.2, 0) is 0 Å². The number of hydrogen-bond donors (Lipinski definition) is 2. The van der Waals surface area contributed by atoms with Crippen molar-refractivity contribution in [3.63, 3.8) is 0 Å². The van der Waals surface area contributed by atoms with Gasteiger partial charge >= 0.3 is 0 Å². The lowest BCUT2D eigenvalue weighted by atomic mass is 9.86. The Balaban J connectivity index is 0.000000980. The monoisotopic (exact) mass is 220 g/mol. The highest BCUT2D eigenvalue weighted by atomic mass is 35.5. The fourth-order valence-corrected chi connectivity index (χ4v) is 2.92. The Hall–Kier alpha value is 0.170. The van der Waals surface area contributed by atoms with Gasteiger partial charge in [-0.3, -0.25) is 4.90 Å². The molecule has 2 heterocycles. The molecule has 2 aliphatic rings. The number of aliphatic hydroxyl groups excluding tert-OH is 1. The summed E-state index contributed by atoms with van der Waals surface area (Å²) in [5.74, 6) is 0. The molecule has 2 saturated heterocycles. The Morgan fingerprint density at radius 1 is 1.21 bits per heavy atom. The minimum Gasteiger partial charge on any atom is -0.395 e. The Morgan fingerprint density at radius 2 is 1.93 bits per heavy atom. The molecule has 0 aromatic carbocycles. The number of rotatable bonds is 2. The van der Waals surface area contributed by atoms with Crippen LogP contribution < -0.4 is 5.32 Å². The van der Waals surface area contributed by atoms with Crippen LogP contribution >= 0.6 is 12.4 Å². The van der Waals surface area contributed by atoms with Gasteiger partial charge in [-0.05, 0) is 45.3 Å². The van der Waals surface area contributed by atoms with Gasteiger partial charge in [0.05, 0.1) is 6.61 Å². The SMILES string of the molecule is Cl.OCCN1CCCC12CCNCC2. The minimum absolute atomic E-state index is 0. The summed E-state index contributed by atoms with van der Waals surface area (Å²) in [6.45, 7) is 4.69. The maximum atomic E-state index is 8.98. The van der Waals surface area contributed by atoms with Crippen LogP contribution in [0.1, 0.15) is 25.7 Å². The van der Waals surface area contributed by atoms with Crippen LogP contribution in [0.2, 0.25) is 0 Å². The molecule has 3 nitrogen and oxygen atoms in total. The van der Waals surface area contributed by atoms with Crippen molar-refractivity contribution in [2.24, 2.45) is 0 Å². The predicted molar refractivity (Wildman–Crippen MR) is 60.0 cm³/mol. The van der Waals surface area contributed by atoms with Gasteiger partial charge in [-0.15, -0.1) is 12.4 Å². The average molecular weight is 221 g/mol. The summed E-state index contributed by atoms with van der Waals surface area (Å²) in [5, 5.41) is 12.4. The lowest BCUT2D eigenvalue weighted by Gasteiger charge is -2.41. The highest BCUT2D eigenvalue weighted by Gasteiger charge is 2.40. The molecule has 0 unspecified atom stereocenters. The van der Waals surface area contributed by atoms with Gasteiger partial charge in [-0.1, -0.05) is 0 Å². The maximum Gasteiger partial charge on any atom is 0.0558 e. The summed E-state index contributed by atoms with van der Waals surface area (Å²) in [7, 11) is 0.